The van der Waals surface area contributed by atoms with Crippen LogP contribution in [0, 0.1) is 10.1 Å². The Morgan fingerprint density at radius 1 is 1.26 bits per heavy atom. The lowest BCUT2D eigenvalue weighted by Gasteiger charge is -2.40. The Morgan fingerprint density at radius 2 is 2.04 bits per heavy atom. The van der Waals surface area contributed by atoms with E-state index in [2.05, 4.69) is 39.6 Å². The molecule has 0 bridgehead atoms. The van der Waals surface area contributed by atoms with Crippen molar-refractivity contribution in [2.45, 2.75) is 35.9 Å². The largest absolute Gasteiger partial charge is 0.632 e. The molecule has 0 radical (unpaired) electrons. The lowest BCUT2D eigenvalue weighted by molar-refractivity contribution is -0.916. The zero-order valence-electron chi connectivity index (χ0n) is 12.8. The highest BCUT2D eigenvalue weighted by molar-refractivity contribution is 14.1. The van der Waals surface area contributed by atoms with Crippen molar-refractivity contribution in [3.8, 4) is 0 Å². The van der Waals surface area contributed by atoms with Gasteiger partial charge in [-0.1, -0.05) is 28.7 Å². The number of benzene rings is 1. The normalized spacial score (nSPS) is 33.6. The first-order chi connectivity index (χ1) is 11.0. The molecule has 3 unspecified atom stereocenters. The number of amides is 1. The van der Waals surface area contributed by atoms with Gasteiger partial charge in [0.25, 0.3) is 0 Å². The average Bonchev–Trinajstić information content (AvgIpc) is 3.17. The molecular weight excluding hydrogens is 409 g/mol. The van der Waals surface area contributed by atoms with Crippen molar-refractivity contribution in [2.75, 3.05) is 24.5 Å². The summed E-state index contributed by atoms with van der Waals surface area (Å²) >= 11 is 2.48. The molecule has 23 heavy (non-hydrogen) atoms. The first-order valence-corrected chi connectivity index (χ1v) is 9.28. The second-order valence-electron chi connectivity index (χ2n) is 6.80. The Kier molecular flexibility index (Phi) is 3.69. The van der Waals surface area contributed by atoms with Crippen LogP contribution in [-0.2, 0) is 17.9 Å². The summed E-state index contributed by atoms with van der Waals surface area (Å²) in [5.74, 6) is -0.541. The van der Waals surface area contributed by atoms with E-state index in [0.717, 1.165) is 24.2 Å². The topological polar surface area (TPSA) is 63.4 Å². The van der Waals surface area contributed by atoms with E-state index in [0.29, 0.717) is 28.2 Å². The fraction of sp³-hybridized carbons (Fsp3) is 0.562. The summed E-state index contributed by atoms with van der Waals surface area (Å²) in [4.78, 5) is 25.7. The number of rotatable bonds is 2. The zero-order valence-corrected chi connectivity index (χ0v) is 14.9. The van der Waals surface area contributed by atoms with E-state index >= 15 is 0 Å². The van der Waals surface area contributed by atoms with Crippen LogP contribution in [0.5, 0.6) is 0 Å². The summed E-state index contributed by atoms with van der Waals surface area (Å²) in [5.41, 5.74) is 3.22. The summed E-state index contributed by atoms with van der Waals surface area (Å²) in [6.45, 7) is 2.85. The number of hydrogen-bond acceptors (Lipinski definition) is 4. The van der Waals surface area contributed by atoms with Gasteiger partial charge in [-0.15, -0.1) is 0 Å². The molecule has 6 nitrogen and oxygen atoms in total. The van der Waals surface area contributed by atoms with Gasteiger partial charge in [-0.05, 0) is 18.6 Å². The Balaban J connectivity index is 1.58. The number of hydrogen-bond donors (Lipinski definition) is 0. The van der Waals surface area contributed by atoms with Crippen LogP contribution in [0.3, 0.4) is 0 Å². The van der Waals surface area contributed by atoms with Crippen LogP contribution in [0.4, 0.5) is 5.69 Å². The molecule has 0 aromatic heterocycles. The van der Waals surface area contributed by atoms with Crippen LogP contribution in [0.2, 0.25) is 0 Å². The van der Waals surface area contributed by atoms with Gasteiger partial charge in [0.2, 0.25) is 12.6 Å². The lowest BCUT2D eigenvalue weighted by Crippen LogP contribution is -2.49. The molecular formula is C16H19IN3O3+. The quantitative estimate of drug-likeness (QED) is 0.238. The van der Waals surface area contributed by atoms with Crippen molar-refractivity contribution in [1.29, 1.82) is 0 Å². The van der Waals surface area contributed by atoms with Crippen molar-refractivity contribution >= 4 is 34.2 Å². The summed E-state index contributed by atoms with van der Waals surface area (Å²) < 4.78 is 0.530. The number of anilines is 1. The second kappa shape index (κ2) is 5.49. The minimum absolute atomic E-state index is 0.151. The number of hydroxylamine groups is 3. The molecule has 0 spiro atoms. The van der Waals surface area contributed by atoms with Crippen LogP contribution in [0.25, 0.3) is 0 Å². The van der Waals surface area contributed by atoms with E-state index in [1.165, 1.54) is 12.1 Å². The monoisotopic (exact) mass is 428 g/mol. The van der Waals surface area contributed by atoms with E-state index in [1.54, 1.807) is 0 Å². The third-order valence-electron chi connectivity index (χ3n) is 5.27. The number of fused-ring (bicyclic) bond motifs is 1. The molecule has 0 N–H and O–H groups in total. The van der Waals surface area contributed by atoms with Crippen molar-refractivity contribution in [2.24, 2.45) is 0 Å². The van der Waals surface area contributed by atoms with E-state index < -0.39 is 16.6 Å². The van der Waals surface area contributed by atoms with Gasteiger partial charge < -0.3 is 14.8 Å². The van der Waals surface area contributed by atoms with Gasteiger partial charge >= 0.3 is 5.91 Å². The predicted molar refractivity (Wildman–Crippen MR) is 94.0 cm³/mol. The van der Waals surface area contributed by atoms with Gasteiger partial charge in [0, 0.05) is 38.7 Å². The minimum atomic E-state index is -0.728. The highest BCUT2D eigenvalue weighted by atomic mass is 127. The Labute approximate surface area is 148 Å². The molecule has 2 saturated heterocycles. The molecule has 3 heterocycles. The Hall–Kier alpha value is -1.06. The maximum absolute atomic E-state index is 13.1. The number of alkyl halides is 1. The summed E-state index contributed by atoms with van der Waals surface area (Å²) in [6, 6.07) is 5.49. The van der Waals surface area contributed by atoms with Crippen molar-refractivity contribution in [3.05, 3.63) is 39.4 Å². The molecule has 122 valence electrons. The summed E-state index contributed by atoms with van der Waals surface area (Å²) in [7, 11) is 0. The molecule has 1 aromatic rings. The number of nitrogens with zero attached hydrogens (tertiary/aromatic N) is 3. The van der Waals surface area contributed by atoms with E-state index in [4.69, 9.17) is 0 Å². The number of halogens is 1. The molecule has 4 rings (SSSR count). The molecule has 7 heteroatoms. The van der Waals surface area contributed by atoms with Crippen LogP contribution in [0.15, 0.2) is 18.2 Å². The summed E-state index contributed by atoms with van der Waals surface area (Å²) in [6.07, 6.45) is 1.56. The SMILES string of the molecule is O=C1C([N+]2([O-])Cc3ccc(N4CCC(I)C4)cc3C2)CC[N+]1=O. The molecule has 0 aliphatic carbocycles. The third kappa shape index (κ3) is 2.58. The van der Waals surface area contributed by atoms with Crippen molar-refractivity contribution < 1.29 is 14.2 Å². The number of carbonyl (C=O) groups is 1. The lowest BCUT2D eigenvalue weighted by atomic mass is 10.1. The van der Waals surface area contributed by atoms with Crippen molar-refractivity contribution in [3.63, 3.8) is 0 Å². The van der Waals surface area contributed by atoms with Crippen LogP contribution >= 0.6 is 22.6 Å². The molecule has 1 amide bonds. The minimum Gasteiger partial charge on any atom is -0.632 e. The number of nitroso groups, excluding NO2 is 1. The number of carbonyl (C=O) groups excluding carboxylic acids is 1. The van der Waals surface area contributed by atoms with Gasteiger partial charge in [0.15, 0.2) is 0 Å². The Morgan fingerprint density at radius 3 is 2.70 bits per heavy atom. The van der Waals surface area contributed by atoms with Gasteiger partial charge in [0.05, 0.1) is 11.2 Å². The maximum Gasteiger partial charge on any atom is 0.490 e. The van der Waals surface area contributed by atoms with Gasteiger partial charge in [-0.25, -0.2) is 4.79 Å². The average molecular weight is 428 g/mol. The summed E-state index contributed by atoms with van der Waals surface area (Å²) in [5, 5.41) is 13.1. The van der Waals surface area contributed by atoms with E-state index in [9.17, 15) is 14.9 Å². The van der Waals surface area contributed by atoms with Crippen molar-refractivity contribution in [1.82, 2.24) is 0 Å². The molecule has 2 fully saturated rings. The van der Waals surface area contributed by atoms with Gasteiger partial charge in [0.1, 0.15) is 13.1 Å². The Bertz CT molecular complexity index is 695. The first kappa shape index (κ1) is 15.5. The smallest absolute Gasteiger partial charge is 0.490 e. The fourth-order valence-electron chi connectivity index (χ4n) is 3.99. The standard InChI is InChI=1S/C16H19IN3O3/c17-13-3-5-18(8-13)14-2-1-11-9-20(23,10-12(11)7-14)15-4-6-19(22)16(15)21/h1-2,7,13,15H,3-6,8-10H2/q+1. The number of quaternary nitrogens is 1. The van der Waals surface area contributed by atoms with E-state index in [-0.39, 0.29) is 6.54 Å². The highest BCUT2D eigenvalue weighted by Gasteiger charge is 2.52. The maximum atomic E-state index is 13.1. The van der Waals surface area contributed by atoms with Gasteiger partial charge in [-0.2, -0.15) is 0 Å². The van der Waals surface area contributed by atoms with E-state index in [1.807, 2.05) is 6.07 Å². The second-order valence-corrected chi connectivity index (χ2v) is 8.56. The highest BCUT2D eigenvalue weighted by Crippen LogP contribution is 2.37. The van der Waals surface area contributed by atoms with Crippen LogP contribution in [-0.4, -0.2) is 44.9 Å². The molecule has 1 aromatic carbocycles. The molecule has 3 atom stereocenters. The van der Waals surface area contributed by atoms with Crippen LogP contribution < -0.4 is 4.90 Å². The molecule has 3 aliphatic heterocycles. The third-order valence-corrected chi connectivity index (χ3v) is 6.28. The molecule has 3 aliphatic rings. The molecule has 0 saturated carbocycles. The predicted octanol–water partition coefficient (Wildman–Crippen LogP) is 2.11. The first-order valence-electron chi connectivity index (χ1n) is 8.03. The van der Waals surface area contributed by atoms with Crippen LogP contribution in [0.1, 0.15) is 24.0 Å². The fourth-order valence-corrected chi connectivity index (χ4v) is 4.75. The zero-order chi connectivity index (χ0) is 16.2. The van der Waals surface area contributed by atoms with Gasteiger partial charge in [-0.3, -0.25) is 0 Å².